The fourth-order valence-corrected chi connectivity index (χ4v) is 2.47. The summed E-state index contributed by atoms with van der Waals surface area (Å²) in [4.78, 5) is 0. The van der Waals surface area contributed by atoms with E-state index in [9.17, 15) is 0 Å². The highest BCUT2D eigenvalue weighted by molar-refractivity contribution is 5.40. The third-order valence-corrected chi connectivity index (χ3v) is 3.93. The van der Waals surface area contributed by atoms with Gasteiger partial charge in [-0.05, 0) is 44.6 Å². The normalized spacial score (nSPS) is 22.2. The highest BCUT2D eigenvalue weighted by atomic mass is 14.3. The van der Waals surface area contributed by atoms with Gasteiger partial charge >= 0.3 is 0 Å². The zero-order valence-corrected chi connectivity index (χ0v) is 13.7. The van der Waals surface area contributed by atoms with E-state index in [2.05, 4.69) is 77.7 Å². The maximum absolute atomic E-state index is 3.75. The topological polar surface area (TPSA) is 0 Å². The summed E-state index contributed by atoms with van der Waals surface area (Å²) in [6.45, 7) is 14.8. The lowest BCUT2D eigenvalue weighted by atomic mass is 9.73. The Kier molecular flexibility index (Phi) is 6.01. The van der Waals surface area contributed by atoms with Gasteiger partial charge in [0, 0.05) is 0 Å². The van der Waals surface area contributed by atoms with Crippen LogP contribution < -0.4 is 0 Å². The maximum atomic E-state index is 3.75. The van der Waals surface area contributed by atoms with Gasteiger partial charge in [-0.3, -0.25) is 0 Å². The minimum absolute atomic E-state index is 0.290. The van der Waals surface area contributed by atoms with Crippen molar-refractivity contribution in [1.82, 2.24) is 0 Å². The molecule has 0 N–H and O–H groups in total. The third kappa shape index (κ3) is 4.85. The Hall–Kier alpha value is -1.56. The lowest BCUT2D eigenvalue weighted by Crippen LogP contribution is -2.18. The largest absolute Gasteiger partial charge is 0.0988 e. The molecule has 108 valence electrons. The molecule has 1 rings (SSSR count). The highest BCUT2D eigenvalue weighted by Gasteiger charge is 2.26. The molecule has 1 aliphatic carbocycles. The van der Waals surface area contributed by atoms with Gasteiger partial charge in [-0.25, -0.2) is 0 Å². The van der Waals surface area contributed by atoms with Crippen LogP contribution >= 0.6 is 0 Å². The summed E-state index contributed by atoms with van der Waals surface area (Å²) in [7, 11) is 0. The number of rotatable bonds is 4. The van der Waals surface area contributed by atoms with Crippen LogP contribution in [0.2, 0.25) is 0 Å². The van der Waals surface area contributed by atoms with Crippen LogP contribution in [0.1, 0.15) is 47.5 Å². The summed E-state index contributed by atoms with van der Waals surface area (Å²) < 4.78 is 0. The van der Waals surface area contributed by atoms with Gasteiger partial charge in [0.05, 0.1) is 0 Å². The van der Waals surface area contributed by atoms with E-state index in [1.807, 2.05) is 6.08 Å². The summed E-state index contributed by atoms with van der Waals surface area (Å²) in [5, 5.41) is 0. The van der Waals surface area contributed by atoms with E-state index >= 15 is 0 Å². The van der Waals surface area contributed by atoms with E-state index in [0.717, 1.165) is 0 Å². The summed E-state index contributed by atoms with van der Waals surface area (Å²) in [6, 6.07) is 0. The average molecular weight is 268 g/mol. The Morgan fingerprint density at radius 1 is 1.20 bits per heavy atom. The minimum atomic E-state index is 0.290. The molecular weight excluding hydrogens is 240 g/mol. The maximum Gasteiger partial charge on any atom is -0.00981 e. The van der Waals surface area contributed by atoms with Crippen molar-refractivity contribution in [2.75, 3.05) is 0 Å². The summed E-state index contributed by atoms with van der Waals surface area (Å²) in [5.74, 6) is 0. The van der Waals surface area contributed by atoms with Crippen molar-refractivity contribution < 1.29 is 0 Å². The Balaban J connectivity index is 2.88. The lowest BCUT2D eigenvalue weighted by Gasteiger charge is -2.32. The van der Waals surface area contributed by atoms with Crippen LogP contribution in [0, 0.1) is 5.41 Å². The second-order valence-corrected chi connectivity index (χ2v) is 6.27. The fraction of sp³-hybridized carbons (Fsp3) is 0.400. The monoisotopic (exact) mass is 268 g/mol. The van der Waals surface area contributed by atoms with Crippen molar-refractivity contribution in [2.24, 2.45) is 5.41 Å². The molecule has 0 saturated heterocycles. The molecule has 0 heteroatoms. The second kappa shape index (κ2) is 7.28. The Morgan fingerprint density at radius 2 is 1.90 bits per heavy atom. The predicted molar refractivity (Wildman–Crippen MR) is 91.7 cm³/mol. The van der Waals surface area contributed by atoms with Crippen LogP contribution in [0.25, 0.3) is 0 Å². The average Bonchev–Trinajstić information content (AvgIpc) is 2.37. The van der Waals surface area contributed by atoms with E-state index in [1.165, 1.54) is 35.1 Å². The van der Waals surface area contributed by atoms with Crippen LogP contribution in [0.4, 0.5) is 0 Å². The molecular formula is C20H28. The van der Waals surface area contributed by atoms with Crippen LogP contribution in [0.15, 0.2) is 71.4 Å². The molecule has 0 bridgehead atoms. The van der Waals surface area contributed by atoms with Crippen molar-refractivity contribution in [3.63, 3.8) is 0 Å². The molecule has 0 unspecified atom stereocenters. The van der Waals surface area contributed by atoms with Gasteiger partial charge in [0.25, 0.3) is 0 Å². The van der Waals surface area contributed by atoms with Gasteiger partial charge in [-0.2, -0.15) is 0 Å². The van der Waals surface area contributed by atoms with Gasteiger partial charge in [-0.1, -0.05) is 79.7 Å². The standard InChI is InChI=1S/C20H28/c1-7-16(2)10-8-11-17(3)13-14-19-18(4)12-9-15-20(19,5)6/h7-8,10-14H,1,9,15H2,2-6H3/b11-8+,16-10+,17-13+,19-14?. The van der Waals surface area contributed by atoms with Crippen LogP contribution in [0.5, 0.6) is 0 Å². The van der Waals surface area contributed by atoms with E-state index in [-0.39, 0.29) is 0 Å². The first kappa shape index (κ1) is 16.5. The van der Waals surface area contributed by atoms with Crippen LogP contribution in [-0.4, -0.2) is 0 Å². The molecule has 0 amide bonds. The molecule has 0 atom stereocenters. The molecule has 0 aromatic rings. The van der Waals surface area contributed by atoms with Crippen molar-refractivity contribution in [3.8, 4) is 0 Å². The highest BCUT2D eigenvalue weighted by Crippen LogP contribution is 2.40. The molecule has 0 nitrogen and oxygen atoms in total. The number of hydrogen-bond donors (Lipinski definition) is 0. The van der Waals surface area contributed by atoms with Crippen molar-refractivity contribution in [1.29, 1.82) is 0 Å². The number of hydrogen-bond acceptors (Lipinski definition) is 0. The third-order valence-electron chi connectivity index (χ3n) is 3.93. The SMILES string of the molecule is C=C/C(C)=C/C=C/C(C)=C/C=C1C(C)=CCCC1(C)C. The smallest absolute Gasteiger partial charge is 0.00981 e. The molecule has 20 heavy (non-hydrogen) atoms. The van der Waals surface area contributed by atoms with Gasteiger partial charge in [0.15, 0.2) is 0 Å². The van der Waals surface area contributed by atoms with Crippen molar-refractivity contribution in [2.45, 2.75) is 47.5 Å². The second-order valence-electron chi connectivity index (χ2n) is 6.27. The van der Waals surface area contributed by atoms with E-state index < -0.39 is 0 Å². The van der Waals surface area contributed by atoms with E-state index in [0.29, 0.717) is 5.41 Å². The van der Waals surface area contributed by atoms with Gasteiger partial charge in [0.1, 0.15) is 0 Å². The Labute approximate surface area is 125 Å². The van der Waals surface area contributed by atoms with E-state index in [1.54, 1.807) is 0 Å². The quantitative estimate of drug-likeness (QED) is 0.524. The van der Waals surface area contributed by atoms with E-state index in [4.69, 9.17) is 0 Å². The lowest BCUT2D eigenvalue weighted by molar-refractivity contribution is 0.404. The molecule has 0 saturated carbocycles. The first-order chi connectivity index (χ1) is 9.36. The summed E-state index contributed by atoms with van der Waals surface area (Å²) >= 11 is 0. The zero-order valence-electron chi connectivity index (χ0n) is 13.7. The minimum Gasteiger partial charge on any atom is -0.0988 e. The van der Waals surface area contributed by atoms with Crippen LogP contribution in [0.3, 0.4) is 0 Å². The molecule has 0 fully saturated rings. The fourth-order valence-electron chi connectivity index (χ4n) is 2.47. The molecule has 0 radical (unpaired) electrons. The van der Waals surface area contributed by atoms with Crippen molar-refractivity contribution in [3.05, 3.63) is 71.4 Å². The summed E-state index contributed by atoms with van der Waals surface area (Å²) in [5.41, 5.74) is 5.63. The van der Waals surface area contributed by atoms with Crippen LogP contribution in [-0.2, 0) is 0 Å². The molecule has 0 heterocycles. The summed E-state index contributed by atoms with van der Waals surface area (Å²) in [6.07, 6.45) is 17.4. The Bertz CT molecular complexity index is 502. The molecule has 0 spiro atoms. The molecule has 0 aromatic carbocycles. The first-order valence-electron chi connectivity index (χ1n) is 7.40. The Morgan fingerprint density at radius 3 is 2.50 bits per heavy atom. The first-order valence-corrected chi connectivity index (χ1v) is 7.40. The molecule has 1 aliphatic rings. The zero-order chi connectivity index (χ0) is 15.2. The van der Waals surface area contributed by atoms with Gasteiger partial charge in [-0.15, -0.1) is 0 Å². The molecule has 0 aliphatic heterocycles. The predicted octanol–water partition coefficient (Wildman–Crippen LogP) is 6.31. The molecule has 0 aromatic heterocycles. The van der Waals surface area contributed by atoms with Gasteiger partial charge in [0.2, 0.25) is 0 Å². The van der Waals surface area contributed by atoms with Gasteiger partial charge < -0.3 is 0 Å². The number of allylic oxidation sites excluding steroid dienone is 11. The van der Waals surface area contributed by atoms with Crippen molar-refractivity contribution >= 4 is 0 Å².